The van der Waals surface area contributed by atoms with Crippen molar-refractivity contribution in [1.29, 1.82) is 0 Å². The van der Waals surface area contributed by atoms with Crippen molar-refractivity contribution in [3.8, 4) is 0 Å². The van der Waals surface area contributed by atoms with E-state index in [-0.39, 0.29) is 18.0 Å². The maximum atomic E-state index is 13.5. The Balaban J connectivity index is 2.00. The molecule has 3 N–H and O–H groups in total. The fourth-order valence-corrected chi connectivity index (χ4v) is 3.66. The molecule has 0 radical (unpaired) electrons. The number of rotatable bonds is 5. The Bertz CT molecular complexity index is 595. The van der Waals surface area contributed by atoms with E-state index in [9.17, 15) is 17.2 Å². The predicted octanol–water partition coefficient (Wildman–Crippen LogP) is 0.970. The van der Waals surface area contributed by atoms with Crippen molar-refractivity contribution in [3.05, 3.63) is 35.4 Å². The predicted molar refractivity (Wildman–Crippen MR) is 75.5 cm³/mol. The Morgan fingerprint density at radius 1 is 1.38 bits per heavy atom. The molecule has 1 atom stereocenters. The zero-order chi connectivity index (χ0) is 15.5. The van der Waals surface area contributed by atoms with Crippen molar-refractivity contribution in [2.45, 2.75) is 19.4 Å². The van der Waals surface area contributed by atoms with Gasteiger partial charge in [-0.1, -0.05) is 6.07 Å². The maximum Gasteiger partial charge on any atom is 0.279 e. The van der Waals surface area contributed by atoms with Gasteiger partial charge in [0.1, 0.15) is 11.6 Å². The molecule has 2 rings (SSSR count). The van der Waals surface area contributed by atoms with Gasteiger partial charge < -0.3 is 5.73 Å². The summed E-state index contributed by atoms with van der Waals surface area (Å²) in [5.41, 5.74) is 5.68. The fourth-order valence-electron chi connectivity index (χ4n) is 2.36. The van der Waals surface area contributed by atoms with Gasteiger partial charge in [-0.2, -0.15) is 17.4 Å². The summed E-state index contributed by atoms with van der Waals surface area (Å²) in [6.45, 7) is 1.03. The van der Waals surface area contributed by atoms with Gasteiger partial charge in [0.05, 0.1) is 0 Å². The van der Waals surface area contributed by atoms with E-state index in [4.69, 9.17) is 5.73 Å². The summed E-state index contributed by atoms with van der Waals surface area (Å²) >= 11 is 0. The van der Waals surface area contributed by atoms with Crippen LogP contribution in [0.25, 0.3) is 0 Å². The lowest BCUT2D eigenvalue weighted by Gasteiger charge is -2.31. The van der Waals surface area contributed by atoms with E-state index < -0.39 is 21.8 Å². The highest BCUT2D eigenvalue weighted by Gasteiger charge is 2.28. The van der Waals surface area contributed by atoms with Gasteiger partial charge in [0.2, 0.25) is 0 Å². The number of nitrogens with zero attached hydrogens (tertiary/aromatic N) is 1. The van der Waals surface area contributed by atoms with Gasteiger partial charge in [-0.25, -0.2) is 8.78 Å². The summed E-state index contributed by atoms with van der Waals surface area (Å²) in [6, 6.07) is 3.05. The zero-order valence-electron chi connectivity index (χ0n) is 11.6. The number of halogens is 2. The van der Waals surface area contributed by atoms with Crippen molar-refractivity contribution in [1.82, 2.24) is 9.03 Å². The van der Waals surface area contributed by atoms with E-state index in [2.05, 4.69) is 4.72 Å². The van der Waals surface area contributed by atoms with Crippen LogP contribution in [-0.4, -0.2) is 32.4 Å². The summed E-state index contributed by atoms with van der Waals surface area (Å²) in [4.78, 5) is 0. The molecule has 0 bridgehead atoms. The van der Waals surface area contributed by atoms with E-state index >= 15 is 0 Å². The number of piperidine rings is 1. The first kappa shape index (κ1) is 16.3. The minimum Gasteiger partial charge on any atom is -0.330 e. The van der Waals surface area contributed by atoms with Crippen molar-refractivity contribution >= 4 is 10.2 Å². The van der Waals surface area contributed by atoms with Crippen LogP contribution in [0.15, 0.2) is 18.2 Å². The lowest BCUT2D eigenvalue weighted by molar-refractivity contribution is 0.268. The molecule has 21 heavy (non-hydrogen) atoms. The molecule has 8 heteroatoms. The highest BCUT2D eigenvalue weighted by atomic mass is 32.2. The molecule has 1 aliphatic heterocycles. The highest BCUT2D eigenvalue weighted by Crippen LogP contribution is 2.18. The Labute approximate surface area is 123 Å². The van der Waals surface area contributed by atoms with Gasteiger partial charge in [0, 0.05) is 31.3 Å². The van der Waals surface area contributed by atoms with Gasteiger partial charge in [-0.05, 0) is 31.4 Å². The lowest BCUT2D eigenvalue weighted by Crippen LogP contribution is -2.47. The van der Waals surface area contributed by atoms with Crippen LogP contribution < -0.4 is 10.5 Å². The molecule has 0 amide bonds. The van der Waals surface area contributed by atoms with E-state index in [1.54, 1.807) is 0 Å². The van der Waals surface area contributed by atoms with E-state index in [1.807, 2.05) is 0 Å². The molecule has 5 nitrogen and oxygen atoms in total. The van der Waals surface area contributed by atoms with E-state index in [0.717, 1.165) is 25.0 Å². The van der Waals surface area contributed by atoms with Crippen LogP contribution in [0.3, 0.4) is 0 Å². The van der Waals surface area contributed by atoms with Crippen LogP contribution in [0.2, 0.25) is 0 Å². The minimum absolute atomic E-state index is 0.104. The summed E-state index contributed by atoms with van der Waals surface area (Å²) < 4.78 is 54.3. The topological polar surface area (TPSA) is 75.4 Å². The molecule has 118 valence electrons. The van der Waals surface area contributed by atoms with Gasteiger partial charge in [-0.15, -0.1) is 0 Å². The third kappa shape index (κ3) is 4.19. The van der Waals surface area contributed by atoms with Crippen LogP contribution >= 0.6 is 0 Å². The van der Waals surface area contributed by atoms with Crippen LogP contribution in [0.4, 0.5) is 8.78 Å². The van der Waals surface area contributed by atoms with Crippen LogP contribution in [-0.2, 0) is 16.8 Å². The number of nitrogens with one attached hydrogen (secondary N) is 1. The molecule has 0 spiro atoms. The third-order valence-corrected chi connectivity index (χ3v) is 5.14. The summed E-state index contributed by atoms with van der Waals surface area (Å²) in [7, 11) is -3.68. The Hall–Kier alpha value is -1.09. The maximum absolute atomic E-state index is 13.5. The average Bonchev–Trinajstić information content (AvgIpc) is 2.46. The standard InChI is InChI=1S/C13H19F2N3O2S/c14-12-4-3-11(13(15)6-12)8-17-21(19,20)18-5-1-2-10(7-16)9-18/h3-4,6,10,17H,1-2,5,7-9,16H2. The first-order valence-corrected chi connectivity index (χ1v) is 8.25. The van der Waals surface area contributed by atoms with E-state index in [0.29, 0.717) is 19.6 Å². The first-order valence-electron chi connectivity index (χ1n) is 6.81. The monoisotopic (exact) mass is 319 g/mol. The largest absolute Gasteiger partial charge is 0.330 e. The molecule has 0 saturated carbocycles. The van der Waals surface area contributed by atoms with E-state index in [1.165, 1.54) is 10.4 Å². The Morgan fingerprint density at radius 3 is 2.81 bits per heavy atom. The first-order chi connectivity index (χ1) is 9.92. The van der Waals surface area contributed by atoms with Crippen molar-refractivity contribution in [2.75, 3.05) is 19.6 Å². The lowest BCUT2D eigenvalue weighted by atomic mass is 10.0. The fraction of sp³-hybridized carbons (Fsp3) is 0.538. The molecule has 1 aliphatic rings. The molecular formula is C13H19F2N3O2S. The molecule has 1 unspecified atom stereocenters. The molecule has 1 fully saturated rings. The molecule has 1 heterocycles. The number of hydrogen-bond donors (Lipinski definition) is 2. The van der Waals surface area contributed by atoms with Crippen molar-refractivity contribution in [3.63, 3.8) is 0 Å². The molecule has 1 saturated heterocycles. The third-order valence-electron chi connectivity index (χ3n) is 3.62. The van der Waals surface area contributed by atoms with Gasteiger partial charge in [-0.3, -0.25) is 0 Å². The minimum atomic E-state index is -3.68. The Kier molecular flexibility index (Phi) is 5.26. The zero-order valence-corrected chi connectivity index (χ0v) is 12.4. The number of nitrogens with two attached hydrogens (primary N) is 1. The SMILES string of the molecule is NCC1CCCN(S(=O)(=O)NCc2ccc(F)cc2F)C1. The van der Waals surface area contributed by atoms with Crippen molar-refractivity contribution < 1.29 is 17.2 Å². The van der Waals surface area contributed by atoms with Crippen LogP contribution in [0.5, 0.6) is 0 Å². The molecule has 0 aromatic heterocycles. The second kappa shape index (κ2) is 6.78. The second-order valence-corrected chi connectivity index (χ2v) is 6.92. The summed E-state index contributed by atoms with van der Waals surface area (Å²) in [6.07, 6.45) is 1.67. The van der Waals surface area contributed by atoms with Gasteiger partial charge in [0.25, 0.3) is 10.2 Å². The van der Waals surface area contributed by atoms with Crippen LogP contribution in [0, 0.1) is 17.6 Å². The highest BCUT2D eigenvalue weighted by molar-refractivity contribution is 7.87. The average molecular weight is 319 g/mol. The summed E-state index contributed by atoms with van der Waals surface area (Å²) in [5, 5.41) is 0. The second-order valence-electron chi connectivity index (χ2n) is 5.16. The molecule has 0 aliphatic carbocycles. The molecule has 1 aromatic carbocycles. The number of hydrogen-bond acceptors (Lipinski definition) is 3. The summed E-state index contributed by atoms with van der Waals surface area (Å²) in [5.74, 6) is -1.31. The molecular weight excluding hydrogens is 300 g/mol. The number of benzene rings is 1. The van der Waals surface area contributed by atoms with Gasteiger partial charge in [0.15, 0.2) is 0 Å². The smallest absolute Gasteiger partial charge is 0.279 e. The molecule has 1 aromatic rings. The van der Waals surface area contributed by atoms with Crippen molar-refractivity contribution in [2.24, 2.45) is 11.7 Å². The Morgan fingerprint density at radius 2 is 2.14 bits per heavy atom. The normalized spacial score (nSPS) is 20.6. The van der Waals surface area contributed by atoms with Crippen LogP contribution in [0.1, 0.15) is 18.4 Å². The quantitative estimate of drug-likeness (QED) is 0.849. The van der Waals surface area contributed by atoms with Gasteiger partial charge >= 0.3 is 0 Å².